The Hall–Kier alpha value is -1.84. The van der Waals surface area contributed by atoms with E-state index in [4.69, 9.17) is 0 Å². The van der Waals surface area contributed by atoms with E-state index in [1.54, 1.807) is 0 Å². The Bertz CT molecular complexity index is 414. The predicted molar refractivity (Wildman–Crippen MR) is 64.2 cm³/mol. The fourth-order valence-corrected chi connectivity index (χ4v) is 1.71. The van der Waals surface area contributed by atoms with Crippen LogP contribution in [-0.2, 0) is 4.79 Å². The van der Waals surface area contributed by atoms with Gasteiger partial charge in [0.25, 0.3) is 0 Å². The number of para-hydroxylation sites is 1. The molecule has 0 bridgehead atoms. The maximum absolute atomic E-state index is 11.0. The van der Waals surface area contributed by atoms with Gasteiger partial charge in [0.05, 0.1) is 12.2 Å². The van der Waals surface area contributed by atoms with E-state index in [1.165, 1.54) is 6.92 Å². The molecule has 1 aromatic rings. The van der Waals surface area contributed by atoms with Crippen LogP contribution in [0.3, 0.4) is 0 Å². The Morgan fingerprint density at radius 3 is 2.75 bits per heavy atom. The molecule has 0 aromatic heterocycles. The van der Waals surface area contributed by atoms with Crippen molar-refractivity contribution in [2.24, 2.45) is 11.0 Å². The molecule has 84 valence electrons. The molecule has 4 nitrogen and oxygen atoms in total. The number of nitrogens with one attached hydrogen (secondary N) is 1. The van der Waals surface area contributed by atoms with Crippen molar-refractivity contribution >= 4 is 17.4 Å². The zero-order chi connectivity index (χ0) is 11.5. The number of nitrogens with zero attached hydrogens (tertiary/aromatic N) is 2. The number of benzene rings is 1. The SMILES string of the molecule is CC(=O)NC1=NN(c2ccccc2)CC1C. The summed E-state index contributed by atoms with van der Waals surface area (Å²) < 4.78 is 0. The molecule has 4 heteroatoms. The molecule has 0 saturated carbocycles. The topological polar surface area (TPSA) is 44.7 Å². The van der Waals surface area contributed by atoms with Crippen LogP contribution in [0.2, 0.25) is 0 Å². The third-order valence-corrected chi connectivity index (χ3v) is 2.50. The molecule has 1 amide bonds. The van der Waals surface area contributed by atoms with E-state index >= 15 is 0 Å². The lowest BCUT2D eigenvalue weighted by Crippen LogP contribution is -2.31. The first kappa shape index (κ1) is 10.7. The van der Waals surface area contributed by atoms with E-state index in [0.29, 0.717) is 0 Å². The van der Waals surface area contributed by atoms with E-state index in [2.05, 4.69) is 17.3 Å². The molecule has 1 unspecified atom stereocenters. The number of carbonyl (C=O) groups is 1. The fraction of sp³-hybridized carbons (Fsp3) is 0.333. The number of amides is 1. The third-order valence-electron chi connectivity index (χ3n) is 2.50. The van der Waals surface area contributed by atoms with Crippen LogP contribution in [0, 0.1) is 5.92 Å². The van der Waals surface area contributed by atoms with E-state index in [9.17, 15) is 4.79 Å². The average molecular weight is 217 g/mol. The maximum atomic E-state index is 11.0. The Morgan fingerprint density at radius 2 is 2.12 bits per heavy atom. The largest absolute Gasteiger partial charge is 0.313 e. The van der Waals surface area contributed by atoms with Gasteiger partial charge >= 0.3 is 0 Å². The first-order valence-electron chi connectivity index (χ1n) is 5.35. The normalized spacial score (nSPS) is 19.5. The zero-order valence-corrected chi connectivity index (χ0v) is 9.47. The van der Waals surface area contributed by atoms with Gasteiger partial charge in [0.15, 0.2) is 0 Å². The van der Waals surface area contributed by atoms with Gasteiger partial charge in [-0.05, 0) is 12.1 Å². The van der Waals surface area contributed by atoms with Crippen molar-refractivity contribution in [2.75, 3.05) is 11.6 Å². The Morgan fingerprint density at radius 1 is 1.44 bits per heavy atom. The summed E-state index contributed by atoms with van der Waals surface area (Å²) in [6, 6.07) is 9.94. The molecule has 1 aliphatic rings. The van der Waals surface area contributed by atoms with Crippen LogP contribution in [0.25, 0.3) is 0 Å². The lowest BCUT2D eigenvalue weighted by molar-refractivity contribution is -0.117. The quantitative estimate of drug-likeness (QED) is 0.776. The van der Waals surface area contributed by atoms with E-state index in [0.717, 1.165) is 18.1 Å². The second-order valence-corrected chi connectivity index (χ2v) is 3.99. The minimum atomic E-state index is -0.0690. The number of amidine groups is 1. The average Bonchev–Trinajstić information content (AvgIpc) is 2.61. The molecular weight excluding hydrogens is 202 g/mol. The van der Waals surface area contributed by atoms with Gasteiger partial charge in [0, 0.05) is 12.8 Å². The summed E-state index contributed by atoms with van der Waals surface area (Å²) >= 11 is 0. The minimum absolute atomic E-state index is 0.0690. The van der Waals surface area contributed by atoms with Gasteiger partial charge in [-0.15, -0.1) is 0 Å². The first-order chi connectivity index (χ1) is 7.66. The highest BCUT2D eigenvalue weighted by Crippen LogP contribution is 2.20. The predicted octanol–water partition coefficient (Wildman–Crippen LogP) is 1.59. The highest BCUT2D eigenvalue weighted by molar-refractivity contribution is 6.00. The van der Waals surface area contributed by atoms with E-state index in [1.807, 2.05) is 35.3 Å². The van der Waals surface area contributed by atoms with Gasteiger partial charge in [-0.3, -0.25) is 9.80 Å². The van der Waals surface area contributed by atoms with Crippen molar-refractivity contribution in [1.29, 1.82) is 0 Å². The highest BCUT2D eigenvalue weighted by Gasteiger charge is 2.24. The number of rotatable bonds is 1. The number of anilines is 1. The van der Waals surface area contributed by atoms with Crippen LogP contribution in [0.1, 0.15) is 13.8 Å². The number of hydrazone groups is 1. The van der Waals surface area contributed by atoms with Gasteiger partial charge in [-0.25, -0.2) is 0 Å². The summed E-state index contributed by atoms with van der Waals surface area (Å²) in [5.74, 6) is 0.931. The van der Waals surface area contributed by atoms with Crippen LogP contribution in [0.4, 0.5) is 5.69 Å². The van der Waals surface area contributed by atoms with Crippen molar-refractivity contribution in [3.63, 3.8) is 0 Å². The summed E-state index contributed by atoms with van der Waals surface area (Å²) in [7, 11) is 0. The van der Waals surface area contributed by atoms with Crippen LogP contribution in [0.5, 0.6) is 0 Å². The molecule has 0 spiro atoms. The molecule has 0 fully saturated rings. The lowest BCUT2D eigenvalue weighted by Gasteiger charge is -2.13. The van der Waals surface area contributed by atoms with Crippen molar-refractivity contribution in [3.05, 3.63) is 30.3 Å². The monoisotopic (exact) mass is 217 g/mol. The highest BCUT2D eigenvalue weighted by atomic mass is 16.1. The summed E-state index contributed by atoms with van der Waals surface area (Å²) in [6.07, 6.45) is 0. The fourth-order valence-electron chi connectivity index (χ4n) is 1.71. The summed E-state index contributed by atoms with van der Waals surface area (Å²) in [5.41, 5.74) is 1.05. The smallest absolute Gasteiger partial charge is 0.222 e. The molecule has 0 radical (unpaired) electrons. The molecule has 16 heavy (non-hydrogen) atoms. The number of carbonyl (C=O) groups excluding carboxylic acids is 1. The summed E-state index contributed by atoms with van der Waals surface area (Å²) in [5, 5.41) is 9.07. The van der Waals surface area contributed by atoms with Crippen molar-refractivity contribution in [3.8, 4) is 0 Å². The first-order valence-corrected chi connectivity index (χ1v) is 5.35. The molecule has 0 saturated heterocycles. The molecule has 1 N–H and O–H groups in total. The van der Waals surface area contributed by atoms with Gasteiger partial charge < -0.3 is 5.32 Å². The third kappa shape index (κ3) is 2.21. The Kier molecular flexibility index (Phi) is 2.90. The zero-order valence-electron chi connectivity index (χ0n) is 9.47. The van der Waals surface area contributed by atoms with Crippen molar-refractivity contribution in [1.82, 2.24) is 5.32 Å². The standard InChI is InChI=1S/C12H15N3O/c1-9-8-15(11-6-4-3-5-7-11)14-12(9)13-10(2)16/h3-7,9H,8H2,1-2H3,(H,13,14,16). The van der Waals surface area contributed by atoms with Crippen molar-refractivity contribution in [2.45, 2.75) is 13.8 Å². The molecule has 1 aromatic carbocycles. The van der Waals surface area contributed by atoms with Crippen molar-refractivity contribution < 1.29 is 4.79 Å². The number of hydrogen-bond acceptors (Lipinski definition) is 3. The van der Waals surface area contributed by atoms with E-state index < -0.39 is 0 Å². The van der Waals surface area contributed by atoms with Gasteiger partial charge in [0.2, 0.25) is 5.91 Å². The van der Waals surface area contributed by atoms with Crippen LogP contribution < -0.4 is 10.3 Å². The molecule has 2 rings (SSSR count). The lowest BCUT2D eigenvalue weighted by atomic mass is 10.1. The Labute approximate surface area is 95.0 Å². The minimum Gasteiger partial charge on any atom is -0.313 e. The molecule has 1 atom stereocenters. The molecule has 1 heterocycles. The molecular formula is C12H15N3O. The molecule has 1 aliphatic heterocycles. The summed E-state index contributed by atoms with van der Waals surface area (Å²) in [6.45, 7) is 4.36. The van der Waals surface area contributed by atoms with Crippen LogP contribution in [-0.4, -0.2) is 18.3 Å². The van der Waals surface area contributed by atoms with Gasteiger partial charge in [-0.2, -0.15) is 5.10 Å². The molecule has 0 aliphatic carbocycles. The maximum Gasteiger partial charge on any atom is 0.222 e. The van der Waals surface area contributed by atoms with Crippen LogP contribution in [0.15, 0.2) is 35.4 Å². The second kappa shape index (κ2) is 4.35. The summed E-state index contributed by atoms with van der Waals surface area (Å²) in [4.78, 5) is 11.0. The second-order valence-electron chi connectivity index (χ2n) is 3.99. The van der Waals surface area contributed by atoms with Gasteiger partial charge in [0.1, 0.15) is 5.84 Å². The Balaban J connectivity index is 2.16. The van der Waals surface area contributed by atoms with Gasteiger partial charge in [-0.1, -0.05) is 25.1 Å². The number of hydrogen-bond donors (Lipinski definition) is 1. The van der Waals surface area contributed by atoms with Crippen LogP contribution >= 0.6 is 0 Å². The van der Waals surface area contributed by atoms with E-state index in [-0.39, 0.29) is 11.8 Å².